The van der Waals surface area contributed by atoms with E-state index in [9.17, 15) is 0 Å². The third-order valence-corrected chi connectivity index (χ3v) is 5.60. The highest BCUT2D eigenvalue weighted by Crippen LogP contribution is 2.40. The zero-order chi connectivity index (χ0) is 12.5. The van der Waals surface area contributed by atoms with Crippen LogP contribution in [-0.2, 0) is 0 Å². The van der Waals surface area contributed by atoms with E-state index in [1.165, 1.54) is 51.4 Å². The van der Waals surface area contributed by atoms with Gasteiger partial charge >= 0.3 is 0 Å². The molecule has 2 aliphatic carbocycles. The van der Waals surface area contributed by atoms with Gasteiger partial charge in [-0.05, 0) is 41.6 Å². The average molecular weight is 330 g/mol. The van der Waals surface area contributed by atoms with E-state index in [1.54, 1.807) is 0 Å². The summed E-state index contributed by atoms with van der Waals surface area (Å²) in [6.07, 6.45) is 10.2. The molecule has 18 heavy (non-hydrogen) atoms. The Morgan fingerprint density at radius 1 is 0.889 bits per heavy atom. The Labute approximate surface area is 122 Å². The van der Waals surface area contributed by atoms with Crippen molar-refractivity contribution < 1.29 is 0 Å². The molecule has 2 nitrogen and oxygen atoms in total. The number of hydrogen-bond acceptors (Lipinski definition) is 2. The Balaban J connectivity index is 1.95. The van der Waals surface area contributed by atoms with Crippen molar-refractivity contribution >= 4 is 27.5 Å². The average Bonchev–Trinajstić information content (AvgIpc) is 3.03. The first-order valence-corrected chi connectivity index (χ1v) is 8.15. The van der Waals surface area contributed by atoms with Crippen LogP contribution in [0, 0.1) is 0 Å². The van der Waals surface area contributed by atoms with Crippen LogP contribution in [0.4, 0.5) is 0 Å². The van der Waals surface area contributed by atoms with Gasteiger partial charge in [-0.3, -0.25) is 0 Å². The number of rotatable bonds is 2. The van der Waals surface area contributed by atoms with Gasteiger partial charge in [0, 0.05) is 11.8 Å². The molecule has 2 aliphatic rings. The first-order valence-electron chi connectivity index (χ1n) is 6.98. The summed E-state index contributed by atoms with van der Waals surface area (Å²) < 4.78 is 0.929. The summed E-state index contributed by atoms with van der Waals surface area (Å²) in [6, 6.07) is 0. The van der Waals surface area contributed by atoms with Crippen molar-refractivity contribution in [2.24, 2.45) is 0 Å². The van der Waals surface area contributed by atoms with Crippen LogP contribution >= 0.6 is 27.5 Å². The van der Waals surface area contributed by atoms with Crippen LogP contribution in [0.3, 0.4) is 0 Å². The van der Waals surface area contributed by atoms with Gasteiger partial charge in [-0.2, -0.15) is 0 Å². The Hall–Kier alpha value is -0.150. The molecule has 0 radical (unpaired) electrons. The van der Waals surface area contributed by atoms with E-state index in [0.717, 1.165) is 16.0 Å². The lowest BCUT2D eigenvalue weighted by Crippen LogP contribution is -2.07. The molecule has 0 spiro atoms. The SMILES string of the molecule is Clc1nc(C2CCCC2)nc(C2CCCC2)c1Br. The molecule has 2 fully saturated rings. The van der Waals surface area contributed by atoms with Crippen molar-refractivity contribution in [2.45, 2.75) is 63.2 Å². The van der Waals surface area contributed by atoms with E-state index in [1.807, 2.05) is 0 Å². The maximum atomic E-state index is 6.28. The normalized spacial score (nSPS) is 21.9. The van der Waals surface area contributed by atoms with Crippen LogP contribution in [0.2, 0.25) is 5.15 Å². The molecule has 3 rings (SSSR count). The van der Waals surface area contributed by atoms with Crippen molar-refractivity contribution in [1.29, 1.82) is 0 Å². The Kier molecular flexibility index (Phi) is 3.90. The first kappa shape index (κ1) is 12.9. The topological polar surface area (TPSA) is 25.8 Å². The molecule has 1 aromatic heterocycles. The molecule has 2 saturated carbocycles. The first-order chi connectivity index (χ1) is 8.75. The summed E-state index contributed by atoms with van der Waals surface area (Å²) >= 11 is 9.85. The van der Waals surface area contributed by atoms with Gasteiger partial charge in [0.05, 0.1) is 10.2 Å². The van der Waals surface area contributed by atoms with E-state index in [-0.39, 0.29) is 0 Å². The Morgan fingerprint density at radius 3 is 2.06 bits per heavy atom. The van der Waals surface area contributed by atoms with Crippen LogP contribution in [0.5, 0.6) is 0 Å². The summed E-state index contributed by atoms with van der Waals surface area (Å²) in [7, 11) is 0. The van der Waals surface area contributed by atoms with E-state index in [2.05, 4.69) is 20.9 Å². The van der Waals surface area contributed by atoms with Crippen LogP contribution in [0.25, 0.3) is 0 Å². The van der Waals surface area contributed by atoms with Gasteiger partial charge in [0.2, 0.25) is 0 Å². The van der Waals surface area contributed by atoms with Crippen molar-refractivity contribution in [3.8, 4) is 0 Å². The predicted molar refractivity (Wildman–Crippen MR) is 77.2 cm³/mol. The molecule has 0 amide bonds. The molecule has 0 N–H and O–H groups in total. The van der Waals surface area contributed by atoms with Crippen LogP contribution in [0.15, 0.2) is 4.47 Å². The second-order valence-corrected chi connectivity index (χ2v) is 6.69. The molecule has 0 bridgehead atoms. The molecule has 0 aromatic carbocycles. The number of hydrogen-bond donors (Lipinski definition) is 0. The van der Waals surface area contributed by atoms with E-state index < -0.39 is 0 Å². The predicted octanol–water partition coefficient (Wildman–Crippen LogP) is 5.21. The number of halogens is 2. The van der Waals surface area contributed by atoms with Crippen LogP contribution in [0.1, 0.15) is 74.7 Å². The maximum absolute atomic E-state index is 6.28. The van der Waals surface area contributed by atoms with Gasteiger partial charge in [-0.15, -0.1) is 0 Å². The van der Waals surface area contributed by atoms with Crippen LogP contribution < -0.4 is 0 Å². The third-order valence-electron chi connectivity index (χ3n) is 4.32. The lowest BCUT2D eigenvalue weighted by Gasteiger charge is -2.15. The molecular weight excluding hydrogens is 312 g/mol. The standard InChI is InChI=1S/C14H18BrClN2/c15-11-12(9-5-1-2-6-9)17-14(18-13(11)16)10-7-3-4-8-10/h9-10H,1-8H2. The fourth-order valence-electron chi connectivity index (χ4n) is 3.29. The summed E-state index contributed by atoms with van der Waals surface area (Å²) in [4.78, 5) is 9.35. The van der Waals surface area contributed by atoms with E-state index in [4.69, 9.17) is 16.6 Å². The van der Waals surface area contributed by atoms with Gasteiger partial charge in [-0.25, -0.2) is 9.97 Å². The minimum atomic E-state index is 0.538. The molecule has 1 aromatic rings. The fraction of sp³-hybridized carbons (Fsp3) is 0.714. The van der Waals surface area contributed by atoms with E-state index >= 15 is 0 Å². The zero-order valence-corrected chi connectivity index (χ0v) is 12.8. The van der Waals surface area contributed by atoms with Crippen molar-refractivity contribution in [3.63, 3.8) is 0 Å². The summed E-state index contributed by atoms with van der Waals surface area (Å²) in [5.74, 6) is 2.11. The molecule has 4 heteroatoms. The molecule has 0 unspecified atom stereocenters. The van der Waals surface area contributed by atoms with Gasteiger partial charge in [0.25, 0.3) is 0 Å². The molecule has 0 saturated heterocycles. The number of nitrogens with zero attached hydrogens (tertiary/aromatic N) is 2. The van der Waals surface area contributed by atoms with E-state index in [0.29, 0.717) is 17.0 Å². The number of aromatic nitrogens is 2. The van der Waals surface area contributed by atoms with Crippen molar-refractivity contribution in [1.82, 2.24) is 9.97 Å². The second kappa shape index (κ2) is 5.46. The summed E-state index contributed by atoms with van der Waals surface area (Å²) in [5, 5.41) is 0.605. The molecule has 98 valence electrons. The fourth-order valence-corrected chi connectivity index (χ4v) is 3.97. The smallest absolute Gasteiger partial charge is 0.147 e. The maximum Gasteiger partial charge on any atom is 0.147 e. The summed E-state index contributed by atoms with van der Waals surface area (Å²) in [5.41, 5.74) is 1.16. The van der Waals surface area contributed by atoms with Crippen molar-refractivity contribution in [3.05, 3.63) is 21.1 Å². The third kappa shape index (κ3) is 2.44. The molecule has 0 aliphatic heterocycles. The minimum Gasteiger partial charge on any atom is -0.236 e. The molecule has 0 atom stereocenters. The van der Waals surface area contributed by atoms with Gasteiger partial charge < -0.3 is 0 Å². The largest absolute Gasteiger partial charge is 0.236 e. The minimum absolute atomic E-state index is 0.538. The molecular formula is C14H18BrClN2. The lowest BCUT2D eigenvalue weighted by molar-refractivity contribution is 0.630. The van der Waals surface area contributed by atoms with Gasteiger partial charge in [-0.1, -0.05) is 37.3 Å². The quantitative estimate of drug-likeness (QED) is 0.696. The van der Waals surface area contributed by atoms with Gasteiger partial charge in [0.1, 0.15) is 11.0 Å². The van der Waals surface area contributed by atoms with Crippen molar-refractivity contribution in [2.75, 3.05) is 0 Å². The second-order valence-electron chi connectivity index (χ2n) is 5.53. The highest BCUT2D eigenvalue weighted by Gasteiger charge is 2.26. The molecule has 1 heterocycles. The summed E-state index contributed by atoms with van der Waals surface area (Å²) in [6.45, 7) is 0. The highest BCUT2D eigenvalue weighted by atomic mass is 79.9. The zero-order valence-electron chi connectivity index (χ0n) is 10.5. The van der Waals surface area contributed by atoms with Gasteiger partial charge in [0.15, 0.2) is 0 Å². The Morgan fingerprint density at radius 2 is 1.44 bits per heavy atom. The highest BCUT2D eigenvalue weighted by molar-refractivity contribution is 9.10. The Bertz CT molecular complexity index is 438. The lowest BCUT2D eigenvalue weighted by atomic mass is 10.0. The monoisotopic (exact) mass is 328 g/mol. The van der Waals surface area contributed by atoms with Crippen LogP contribution in [-0.4, -0.2) is 9.97 Å².